The third-order valence-electron chi connectivity index (χ3n) is 7.56. The Hall–Kier alpha value is -3.76. The number of methoxy groups -OCH3 is 1. The standard InChI is InChI=1S/C20H29NO3.C14H19N3O2.C3H8.C2H6.CH4O/c1-13(2)9-12-24-20(5,6)10-11-21-18(22)16-14(3)7-8-15(4)17(16)19(21)23;1-10-5-6-11(2)14-13(10)15-17(16-14)7-8-19-12(3)9-18-4;1-3-2;2*1-2/h7-8,13H,9-12H2,1-6H3;5-6,9H,7-8H2,1-4H3;3H2,1-2H3;1-2H3;2H,1H3. The quantitative estimate of drug-likeness (QED) is 0.147. The van der Waals surface area contributed by atoms with Gasteiger partial charge in [-0.1, -0.05) is 72.2 Å². The Balaban J connectivity index is 0.000000829. The van der Waals surface area contributed by atoms with Crippen molar-refractivity contribution in [2.24, 2.45) is 5.92 Å². The molecule has 0 bridgehead atoms. The van der Waals surface area contributed by atoms with E-state index in [0.717, 1.165) is 52.6 Å². The van der Waals surface area contributed by atoms with Crippen LogP contribution >= 0.6 is 0 Å². The zero-order chi connectivity index (χ0) is 38.6. The molecule has 0 atom stereocenters. The van der Waals surface area contributed by atoms with Crippen molar-refractivity contribution in [3.05, 3.63) is 69.7 Å². The van der Waals surface area contributed by atoms with E-state index >= 15 is 0 Å². The molecule has 0 saturated carbocycles. The SMILES string of the molecule is CC.CCC.CO.COC=C(C)OCCn1nc2c(C)ccc(C)c2n1.Cc1ccc(C)c2c1C(=O)N(CCC(C)(C)OCCC(C)C)C2=O. The largest absolute Gasteiger partial charge is 0.501 e. The second kappa shape index (κ2) is 23.6. The van der Waals surface area contributed by atoms with Gasteiger partial charge in [0, 0.05) is 20.3 Å². The van der Waals surface area contributed by atoms with Crippen molar-refractivity contribution in [1.29, 1.82) is 0 Å². The van der Waals surface area contributed by atoms with Crippen LogP contribution in [0.5, 0.6) is 0 Å². The molecule has 2 amide bonds. The number of nitrogens with zero attached hydrogens (tertiary/aromatic N) is 4. The lowest BCUT2D eigenvalue weighted by atomic mass is 9.99. The molecule has 0 saturated heterocycles. The third-order valence-corrected chi connectivity index (χ3v) is 7.56. The Morgan fingerprint density at radius 2 is 1.28 bits per heavy atom. The van der Waals surface area contributed by atoms with Crippen molar-refractivity contribution in [1.82, 2.24) is 19.9 Å². The number of allylic oxidation sites excluding steroid dienone is 1. The predicted octanol–water partition coefficient (Wildman–Crippen LogP) is 8.75. The van der Waals surface area contributed by atoms with Gasteiger partial charge in [-0.2, -0.15) is 15.0 Å². The summed E-state index contributed by atoms with van der Waals surface area (Å²) in [6.07, 6.45) is 4.46. The van der Waals surface area contributed by atoms with Crippen molar-refractivity contribution in [2.75, 3.05) is 34.0 Å². The molecule has 1 aliphatic rings. The van der Waals surface area contributed by atoms with Crippen LogP contribution in [-0.4, -0.2) is 76.4 Å². The van der Waals surface area contributed by atoms with Crippen LogP contribution in [-0.2, 0) is 20.8 Å². The number of aryl methyl sites for hydroxylation is 4. The van der Waals surface area contributed by atoms with Crippen LogP contribution in [0.25, 0.3) is 11.0 Å². The summed E-state index contributed by atoms with van der Waals surface area (Å²) < 4.78 is 16.3. The van der Waals surface area contributed by atoms with E-state index in [1.54, 1.807) is 18.2 Å². The molecular formula is C40H66N4O6. The fourth-order valence-corrected chi connectivity index (χ4v) is 4.83. The molecule has 0 spiro atoms. The first-order valence-electron chi connectivity index (χ1n) is 17.9. The van der Waals surface area contributed by atoms with Gasteiger partial charge in [0.25, 0.3) is 11.8 Å². The summed E-state index contributed by atoms with van der Waals surface area (Å²) in [6.45, 7) is 28.5. The monoisotopic (exact) mass is 698 g/mol. The second-order valence-electron chi connectivity index (χ2n) is 13.0. The molecule has 10 heteroatoms. The molecule has 0 radical (unpaired) electrons. The number of benzene rings is 2. The lowest BCUT2D eigenvalue weighted by Gasteiger charge is -2.27. The highest BCUT2D eigenvalue weighted by Crippen LogP contribution is 2.30. The number of rotatable bonds is 12. The molecule has 2 heterocycles. The fraction of sp³-hybridized carbons (Fsp3) is 0.600. The Bertz CT molecular complexity index is 1410. The van der Waals surface area contributed by atoms with Crippen LogP contribution in [0.4, 0.5) is 0 Å². The molecule has 1 aliphatic heterocycles. The van der Waals surface area contributed by atoms with Crippen LogP contribution in [0.15, 0.2) is 36.3 Å². The number of imide groups is 1. The van der Waals surface area contributed by atoms with Gasteiger partial charge in [0.1, 0.15) is 29.7 Å². The van der Waals surface area contributed by atoms with Crippen molar-refractivity contribution in [3.8, 4) is 0 Å². The number of hydrogen-bond acceptors (Lipinski definition) is 8. The normalized spacial score (nSPS) is 12.2. The second-order valence-corrected chi connectivity index (χ2v) is 13.0. The van der Waals surface area contributed by atoms with Gasteiger partial charge in [-0.15, -0.1) is 0 Å². The van der Waals surface area contributed by atoms with Crippen LogP contribution in [0.1, 0.15) is 125 Å². The highest BCUT2D eigenvalue weighted by atomic mass is 16.5. The van der Waals surface area contributed by atoms with E-state index in [2.05, 4.69) is 50.0 Å². The molecule has 282 valence electrons. The zero-order valence-corrected chi connectivity index (χ0v) is 33.7. The van der Waals surface area contributed by atoms with Gasteiger partial charge in [0.05, 0.1) is 30.4 Å². The molecule has 10 nitrogen and oxygen atoms in total. The first-order chi connectivity index (χ1) is 23.7. The minimum Gasteiger partial charge on any atom is -0.501 e. The average Bonchev–Trinajstić information content (AvgIpc) is 3.62. The summed E-state index contributed by atoms with van der Waals surface area (Å²) in [5.41, 5.74) is 6.72. The predicted molar refractivity (Wildman–Crippen MR) is 205 cm³/mol. The molecule has 4 rings (SSSR count). The molecule has 1 N–H and O–H groups in total. The number of aliphatic hydroxyl groups excluding tert-OH is 1. The number of aliphatic hydroxyl groups is 1. The Morgan fingerprint density at radius 1 is 0.840 bits per heavy atom. The average molecular weight is 699 g/mol. The van der Waals surface area contributed by atoms with E-state index in [1.807, 2.05) is 74.4 Å². The van der Waals surface area contributed by atoms with E-state index < -0.39 is 0 Å². The van der Waals surface area contributed by atoms with Crippen LogP contribution < -0.4 is 0 Å². The van der Waals surface area contributed by atoms with Gasteiger partial charge in [-0.25, -0.2) is 0 Å². The summed E-state index contributed by atoms with van der Waals surface area (Å²) in [5.74, 6) is 0.998. The number of ether oxygens (including phenoxy) is 3. The Kier molecular flexibility index (Phi) is 21.8. The number of carbonyl (C=O) groups excluding carboxylic acids is 2. The smallest absolute Gasteiger partial charge is 0.261 e. The lowest BCUT2D eigenvalue weighted by molar-refractivity contribution is -0.0307. The van der Waals surface area contributed by atoms with Gasteiger partial charge in [-0.05, 0) is 89.5 Å². The topological polar surface area (TPSA) is 116 Å². The van der Waals surface area contributed by atoms with Crippen LogP contribution in [0.2, 0.25) is 0 Å². The first kappa shape index (κ1) is 46.2. The van der Waals surface area contributed by atoms with Crippen molar-refractivity contribution in [3.63, 3.8) is 0 Å². The van der Waals surface area contributed by atoms with E-state index in [1.165, 1.54) is 11.3 Å². The van der Waals surface area contributed by atoms with Crippen LogP contribution in [0.3, 0.4) is 0 Å². The summed E-state index contributed by atoms with van der Waals surface area (Å²) in [6, 6.07) is 7.95. The minimum absolute atomic E-state index is 0.172. The van der Waals surface area contributed by atoms with Crippen LogP contribution in [0, 0.1) is 33.6 Å². The molecule has 0 unspecified atom stereocenters. The molecule has 50 heavy (non-hydrogen) atoms. The molecule has 1 aromatic heterocycles. The summed E-state index contributed by atoms with van der Waals surface area (Å²) in [5, 5.41) is 16.0. The molecule has 0 fully saturated rings. The number of carbonyl (C=O) groups is 2. The van der Waals surface area contributed by atoms with Gasteiger partial charge in [0.15, 0.2) is 0 Å². The van der Waals surface area contributed by atoms with Gasteiger partial charge >= 0.3 is 0 Å². The van der Waals surface area contributed by atoms with Crippen molar-refractivity contribution >= 4 is 22.8 Å². The Labute approximate surface area is 302 Å². The summed E-state index contributed by atoms with van der Waals surface area (Å²) in [7, 11) is 2.60. The Morgan fingerprint density at radius 3 is 1.70 bits per heavy atom. The fourth-order valence-electron chi connectivity index (χ4n) is 4.83. The van der Waals surface area contributed by atoms with E-state index in [9.17, 15) is 9.59 Å². The first-order valence-corrected chi connectivity index (χ1v) is 17.9. The van der Waals surface area contributed by atoms with Gasteiger partial charge in [0.2, 0.25) is 0 Å². The molecule has 2 aromatic carbocycles. The van der Waals surface area contributed by atoms with Crippen molar-refractivity contribution in [2.45, 2.75) is 121 Å². The number of hydrogen-bond donors (Lipinski definition) is 1. The zero-order valence-electron chi connectivity index (χ0n) is 33.7. The van der Waals surface area contributed by atoms with Crippen molar-refractivity contribution < 1.29 is 28.9 Å². The third kappa shape index (κ3) is 14.2. The summed E-state index contributed by atoms with van der Waals surface area (Å²) >= 11 is 0. The van der Waals surface area contributed by atoms with E-state index in [0.29, 0.717) is 49.8 Å². The highest BCUT2D eigenvalue weighted by Gasteiger charge is 2.38. The van der Waals surface area contributed by atoms with Gasteiger partial charge in [-0.3, -0.25) is 14.5 Å². The van der Waals surface area contributed by atoms with E-state index in [4.69, 9.17) is 19.3 Å². The molecule has 0 aliphatic carbocycles. The maximum Gasteiger partial charge on any atom is 0.261 e. The maximum atomic E-state index is 12.7. The number of aromatic nitrogens is 3. The number of amides is 2. The van der Waals surface area contributed by atoms with Gasteiger partial charge < -0.3 is 19.3 Å². The minimum atomic E-state index is -0.353. The van der Waals surface area contributed by atoms with E-state index in [-0.39, 0.29) is 17.4 Å². The molecule has 3 aromatic rings. The lowest BCUT2D eigenvalue weighted by Crippen LogP contribution is -2.36. The number of fused-ring (bicyclic) bond motifs is 2. The summed E-state index contributed by atoms with van der Waals surface area (Å²) in [4.78, 5) is 28.4. The maximum absolute atomic E-state index is 12.7. The molecular weight excluding hydrogens is 632 g/mol. The highest BCUT2D eigenvalue weighted by molar-refractivity contribution is 6.22.